The van der Waals surface area contributed by atoms with Crippen LogP contribution in [0.3, 0.4) is 0 Å². The number of aromatic nitrogens is 1. The Labute approximate surface area is 118 Å². The Morgan fingerprint density at radius 3 is 2.55 bits per heavy atom. The third-order valence-corrected chi connectivity index (χ3v) is 3.61. The molecule has 1 fully saturated rings. The van der Waals surface area contributed by atoms with Crippen LogP contribution in [0.25, 0.3) is 0 Å². The van der Waals surface area contributed by atoms with Gasteiger partial charge in [0.15, 0.2) is 0 Å². The Morgan fingerprint density at radius 1 is 1.45 bits per heavy atom. The molecule has 2 N–H and O–H groups in total. The summed E-state index contributed by atoms with van der Waals surface area (Å²) in [5.74, 6) is 1.79. The van der Waals surface area contributed by atoms with E-state index in [1.807, 2.05) is 0 Å². The number of aryl methyl sites for hydroxylation is 1. The molecule has 1 aliphatic rings. The second-order valence-electron chi connectivity index (χ2n) is 5.26. The summed E-state index contributed by atoms with van der Waals surface area (Å²) in [6.45, 7) is 4.25. The minimum Gasteiger partial charge on any atom is -0.477 e. The number of nitrogens with one attached hydrogen (secondary N) is 1. The van der Waals surface area contributed by atoms with Gasteiger partial charge in [-0.1, -0.05) is 5.92 Å². The van der Waals surface area contributed by atoms with Crippen molar-refractivity contribution in [2.45, 2.75) is 26.7 Å². The largest absolute Gasteiger partial charge is 0.477 e. The molecule has 0 bridgehead atoms. The summed E-state index contributed by atoms with van der Waals surface area (Å²) in [5.41, 5.74) is 1.54. The fraction of sp³-hybridized carbons (Fsp3) is 0.467. The van der Waals surface area contributed by atoms with Crippen LogP contribution in [-0.4, -0.2) is 40.0 Å². The van der Waals surface area contributed by atoms with E-state index in [-0.39, 0.29) is 18.1 Å². The molecular weight excluding hydrogens is 256 g/mol. The molecule has 0 unspecified atom stereocenters. The second kappa shape index (κ2) is 5.41. The minimum absolute atomic E-state index is 0.0675. The number of carboxylic acid groups (broad SMARTS) is 1. The van der Waals surface area contributed by atoms with Crippen LogP contribution in [0, 0.1) is 32.1 Å². The molecule has 1 aliphatic carbocycles. The van der Waals surface area contributed by atoms with Crippen LogP contribution in [0.15, 0.2) is 0 Å². The van der Waals surface area contributed by atoms with Gasteiger partial charge in [-0.15, -0.1) is 6.42 Å². The van der Waals surface area contributed by atoms with Gasteiger partial charge >= 0.3 is 5.97 Å². The lowest BCUT2D eigenvalue weighted by atomic mass is 10.1. The van der Waals surface area contributed by atoms with Gasteiger partial charge in [0.1, 0.15) is 5.69 Å². The zero-order chi connectivity index (χ0) is 14.9. The van der Waals surface area contributed by atoms with Crippen molar-refractivity contribution in [3.63, 3.8) is 0 Å². The van der Waals surface area contributed by atoms with Crippen molar-refractivity contribution < 1.29 is 14.7 Å². The smallest absolute Gasteiger partial charge is 0.352 e. The van der Waals surface area contributed by atoms with E-state index in [9.17, 15) is 9.59 Å². The van der Waals surface area contributed by atoms with Crippen molar-refractivity contribution in [3.05, 3.63) is 22.5 Å². The van der Waals surface area contributed by atoms with Gasteiger partial charge in [-0.25, -0.2) is 4.79 Å². The highest BCUT2D eigenvalue weighted by Gasteiger charge is 2.30. The summed E-state index contributed by atoms with van der Waals surface area (Å²) in [4.78, 5) is 28.1. The SMILES string of the molecule is C#CCN(CC1CC1)C(=O)c1c(C)[nH]c(C(=O)O)c1C. The standard InChI is InChI=1S/C15H18N2O3/c1-4-7-17(8-11-5-6-11)14(18)12-9(2)13(15(19)20)16-10(12)3/h1,11,16H,5-8H2,2-3H3,(H,19,20). The lowest BCUT2D eigenvalue weighted by Gasteiger charge is -2.20. The van der Waals surface area contributed by atoms with Crippen molar-refractivity contribution in [2.75, 3.05) is 13.1 Å². The van der Waals surface area contributed by atoms with E-state index in [1.165, 1.54) is 0 Å². The van der Waals surface area contributed by atoms with Gasteiger partial charge in [-0.3, -0.25) is 4.79 Å². The topological polar surface area (TPSA) is 73.4 Å². The third-order valence-electron chi connectivity index (χ3n) is 3.61. The first-order chi connectivity index (χ1) is 9.45. The van der Waals surface area contributed by atoms with Crippen LogP contribution >= 0.6 is 0 Å². The highest BCUT2D eigenvalue weighted by atomic mass is 16.4. The van der Waals surface area contributed by atoms with E-state index in [0.29, 0.717) is 29.3 Å². The maximum Gasteiger partial charge on any atom is 0.352 e. The number of terminal acetylenes is 1. The minimum atomic E-state index is -1.06. The fourth-order valence-corrected chi connectivity index (χ4v) is 2.38. The number of carbonyl (C=O) groups is 2. The molecule has 106 valence electrons. The molecule has 0 aromatic carbocycles. The monoisotopic (exact) mass is 274 g/mol. The quantitative estimate of drug-likeness (QED) is 0.804. The van der Waals surface area contributed by atoms with E-state index >= 15 is 0 Å². The van der Waals surface area contributed by atoms with Gasteiger partial charge in [0.05, 0.1) is 12.1 Å². The number of aromatic carboxylic acids is 1. The van der Waals surface area contributed by atoms with Gasteiger partial charge in [-0.05, 0) is 38.2 Å². The van der Waals surface area contributed by atoms with Crippen LogP contribution in [0.4, 0.5) is 0 Å². The summed E-state index contributed by atoms with van der Waals surface area (Å²) in [5, 5.41) is 9.09. The van der Waals surface area contributed by atoms with Crippen LogP contribution < -0.4 is 0 Å². The molecule has 0 atom stereocenters. The second-order valence-corrected chi connectivity index (χ2v) is 5.26. The fourth-order valence-electron chi connectivity index (χ4n) is 2.38. The molecule has 0 radical (unpaired) electrons. The number of rotatable bonds is 5. The predicted octanol–water partition coefficient (Wildman–Crippen LogP) is 1.82. The van der Waals surface area contributed by atoms with Crippen LogP contribution in [0.5, 0.6) is 0 Å². The van der Waals surface area contributed by atoms with Crippen LogP contribution in [0.1, 0.15) is 44.9 Å². The molecule has 5 heteroatoms. The number of H-pyrrole nitrogens is 1. The first-order valence-electron chi connectivity index (χ1n) is 6.60. The molecule has 0 aliphatic heterocycles. The predicted molar refractivity (Wildman–Crippen MR) is 74.7 cm³/mol. The highest BCUT2D eigenvalue weighted by molar-refractivity contribution is 6.00. The highest BCUT2D eigenvalue weighted by Crippen LogP contribution is 2.30. The maximum atomic E-state index is 12.6. The summed E-state index contributed by atoms with van der Waals surface area (Å²) in [7, 11) is 0. The average Bonchev–Trinajstić information content (AvgIpc) is 3.13. The van der Waals surface area contributed by atoms with Gasteiger partial charge < -0.3 is 15.0 Å². The molecule has 5 nitrogen and oxygen atoms in total. The Balaban J connectivity index is 2.30. The van der Waals surface area contributed by atoms with E-state index in [4.69, 9.17) is 11.5 Å². The summed E-state index contributed by atoms with van der Waals surface area (Å²) in [6.07, 6.45) is 7.57. The summed E-state index contributed by atoms with van der Waals surface area (Å²) in [6, 6.07) is 0. The molecule has 1 saturated carbocycles. The van der Waals surface area contributed by atoms with E-state index in [1.54, 1.807) is 18.7 Å². The van der Waals surface area contributed by atoms with Crippen LogP contribution in [0.2, 0.25) is 0 Å². The molecule has 1 amide bonds. The third kappa shape index (κ3) is 2.69. The van der Waals surface area contributed by atoms with E-state index < -0.39 is 5.97 Å². The normalized spacial score (nSPS) is 13.8. The lowest BCUT2D eigenvalue weighted by Crippen LogP contribution is -2.34. The lowest BCUT2D eigenvalue weighted by molar-refractivity contribution is 0.0690. The molecule has 1 aromatic heterocycles. The average molecular weight is 274 g/mol. The first-order valence-corrected chi connectivity index (χ1v) is 6.60. The van der Waals surface area contributed by atoms with E-state index in [0.717, 1.165) is 12.8 Å². The zero-order valence-corrected chi connectivity index (χ0v) is 11.7. The van der Waals surface area contributed by atoms with Gasteiger partial charge in [-0.2, -0.15) is 0 Å². The number of nitrogens with zero attached hydrogens (tertiary/aromatic N) is 1. The van der Waals surface area contributed by atoms with Crippen LogP contribution in [-0.2, 0) is 0 Å². The number of carbonyl (C=O) groups excluding carboxylic acids is 1. The van der Waals surface area contributed by atoms with Crippen molar-refractivity contribution in [3.8, 4) is 12.3 Å². The number of hydrogen-bond donors (Lipinski definition) is 2. The Morgan fingerprint density at radius 2 is 2.10 bits per heavy atom. The van der Waals surface area contributed by atoms with Gasteiger partial charge in [0.25, 0.3) is 5.91 Å². The summed E-state index contributed by atoms with van der Waals surface area (Å²) < 4.78 is 0. The van der Waals surface area contributed by atoms with E-state index in [2.05, 4.69) is 10.9 Å². The number of carboxylic acids is 1. The molecule has 1 aromatic rings. The molecule has 20 heavy (non-hydrogen) atoms. The molecule has 0 saturated heterocycles. The Kier molecular flexibility index (Phi) is 3.84. The Hall–Kier alpha value is -2.22. The molecule has 0 spiro atoms. The number of hydrogen-bond acceptors (Lipinski definition) is 2. The molecular formula is C15H18N2O3. The Bertz CT molecular complexity index is 591. The van der Waals surface area contributed by atoms with Crippen molar-refractivity contribution in [2.24, 2.45) is 5.92 Å². The van der Waals surface area contributed by atoms with Crippen molar-refractivity contribution >= 4 is 11.9 Å². The summed E-state index contributed by atoms with van der Waals surface area (Å²) >= 11 is 0. The van der Waals surface area contributed by atoms with Crippen molar-refractivity contribution in [1.82, 2.24) is 9.88 Å². The first kappa shape index (κ1) is 14.2. The van der Waals surface area contributed by atoms with Crippen molar-refractivity contribution in [1.29, 1.82) is 0 Å². The molecule has 2 rings (SSSR count). The number of aromatic amines is 1. The van der Waals surface area contributed by atoms with Gasteiger partial charge in [0, 0.05) is 12.2 Å². The zero-order valence-electron chi connectivity index (χ0n) is 11.7. The maximum absolute atomic E-state index is 12.6. The van der Waals surface area contributed by atoms with Gasteiger partial charge in [0.2, 0.25) is 0 Å². The molecule has 1 heterocycles. The number of amides is 1.